The minimum absolute atomic E-state index is 0.653. The molecule has 1 saturated carbocycles. The van der Waals surface area contributed by atoms with E-state index in [-0.39, 0.29) is 0 Å². The maximum atomic E-state index is 11.4. The molecular formula is C16H25NO2S. The number of hydrogen-bond acceptors (Lipinski definition) is 3. The van der Waals surface area contributed by atoms with Crippen LogP contribution in [0.4, 0.5) is 0 Å². The van der Waals surface area contributed by atoms with E-state index >= 15 is 0 Å². The van der Waals surface area contributed by atoms with E-state index in [1.54, 1.807) is 6.26 Å². The van der Waals surface area contributed by atoms with Crippen LogP contribution in [0.5, 0.6) is 5.88 Å². The van der Waals surface area contributed by atoms with Gasteiger partial charge in [0.15, 0.2) is 0 Å². The Labute approximate surface area is 124 Å². The van der Waals surface area contributed by atoms with Crippen molar-refractivity contribution < 1.29 is 8.95 Å². The first-order chi connectivity index (χ1) is 9.66. The lowest BCUT2D eigenvalue weighted by atomic mass is 9.86. The van der Waals surface area contributed by atoms with E-state index in [0.29, 0.717) is 5.88 Å². The first-order valence-corrected chi connectivity index (χ1v) is 9.16. The fourth-order valence-corrected chi connectivity index (χ4v) is 3.66. The van der Waals surface area contributed by atoms with Crippen molar-refractivity contribution in [2.75, 3.05) is 12.9 Å². The van der Waals surface area contributed by atoms with Gasteiger partial charge in [-0.3, -0.25) is 4.21 Å². The van der Waals surface area contributed by atoms with E-state index < -0.39 is 10.8 Å². The fourth-order valence-electron chi connectivity index (χ4n) is 2.93. The van der Waals surface area contributed by atoms with E-state index in [0.717, 1.165) is 29.5 Å². The molecule has 1 atom stereocenters. The maximum Gasteiger partial charge on any atom is 0.213 e. The van der Waals surface area contributed by atoms with Crippen molar-refractivity contribution in [2.24, 2.45) is 5.92 Å². The number of hydrogen-bond donors (Lipinski definition) is 0. The Morgan fingerprint density at radius 3 is 2.70 bits per heavy atom. The minimum Gasteiger partial charge on any atom is -0.478 e. The molecule has 112 valence electrons. The van der Waals surface area contributed by atoms with Gasteiger partial charge in [-0.1, -0.05) is 32.1 Å². The predicted molar refractivity (Wildman–Crippen MR) is 82.6 cm³/mol. The second-order valence-electron chi connectivity index (χ2n) is 5.68. The van der Waals surface area contributed by atoms with Gasteiger partial charge in [-0.05, 0) is 31.7 Å². The summed E-state index contributed by atoms with van der Waals surface area (Å²) < 4.78 is 17.1. The number of aryl methyl sites for hydroxylation is 1. The third kappa shape index (κ3) is 4.58. The van der Waals surface area contributed by atoms with Crippen molar-refractivity contribution in [3.8, 4) is 5.88 Å². The highest BCUT2D eigenvalue weighted by Crippen LogP contribution is 2.27. The van der Waals surface area contributed by atoms with Crippen LogP contribution in [0.15, 0.2) is 17.0 Å². The highest BCUT2D eigenvalue weighted by atomic mass is 32.2. The van der Waals surface area contributed by atoms with Gasteiger partial charge in [-0.15, -0.1) is 0 Å². The zero-order chi connectivity index (χ0) is 14.4. The third-order valence-corrected chi connectivity index (χ3v) is 5.10. The summed E-state index contributed by atoms with van der Waals surface area (Å²) in [5.74, 6) is 1.56. The number of aromatic nitrogens is 1. The van der Waals surface area contributed by atoms with Gasteiger partial charge in [0.2, 0.25) is 5.88 Å². The van der Waals surface area contributed by atoms with Gasteiger partial charge in [0.25, 0.3) is 0 Å². The summed E-state index contributed by atoms with van der Waals surface area (Å²) in [4.78, 5) is 5.15. The summed E-state index contributed by atoms with van der Waals surface area (Å²) in [5.41, 5.74) is 0.801. The van der Waals surface area contributed by atoms with E-state index in [2.05, 4.69) is 4.98 Å². The minimum atomic E-state index is -0.978. The van der Waals surface area contributed by atoms with E-state index in [1.807, 2.05) is 19.1 Å². The van der Waals surface area contributed by atoms with Crippen LogP contribution in [0.25, 0.3) is 0 Å². The quantitative estimate of drug-likeness (QED) is 0.748. The van der Waals surface area contributed by atoms with Gasteiger partial charge in [-0.25, -0.2) is 4.98 Å². The molecule has 1 aromatic rings. The monoisotopic (exact) mass is 295 g/mol. The second kappa shape index (κ2) is 7.77. The van der Waals surface area contributed by atoms with Gasteiger partial charge < -0.3 is 4.74 Å². The molecule has 20 heavy (non-hydrogen) atoms. The molecule has 0 spiro atoms. The fraction of sp³-hybridized carbons (Fsp3) is 0.688. The average molecular weight is 295 g/mol. The Kier molecular flexibility index (Phi) is 6.02. The molecule has 1 aromatic heterocycles. The normalized spacial score (nSPS) is 17.9. The molecule has 1 aliphatic rings. The van der Waals surface area contributed by atoms with Crippen LogP contribution in [0, 0.1) is 12.8 Å². The van der Waals surface area contributed by atoms with Crippen molar-refractivity contribution in [2.45, 2.75) is 56.8 Å². The average Bonchev–Trinajstić information content (AvgIpc) is 2.44. The molecule has 0 aromatic carbocycles. The topological polar surface area (TPSA) is 39.2 Å². The van der Waals surface area contributed by atoms with Crippen molar-refractivity contribution in [3.05, 3.63) is 17.8 Å². The first kappa shape index (κ1) is 15.5. The summed E-state index contributed by atoms with van der Waals surface area (Å²) in [6, 6.07) is 3.68. The standard InChI is InChI=1S/C16H25NO2S/c1-13-15(20(2)18)10-11-16(17-13)19-12-6-9-14-7-4-3-5-8-14/h10-11,14H,3-9,12H2,1-2H3. The summed E-state index contributed by atoms with van der Waals surface area (Å²) in [5, 5.41) is 0. The molecule has 0 saturated heterocycles. The molecule has 0 bridgehead atoms. The zero-order valence-electron chi connectivity index (χ0n) is 12.6. The van der Waals surface area contributed by atoms with Gasteiger partial charge in [0, 0.05) is 12.3 Å². The lowest BCUT2D eigenvalue weighted by Gasteiger charge is -2.21. The SMILES string of the molecule is Cc1nc(OCCCC2CCCCC2)ccc1S(C)=O. The Bertz CT molecular complexity index is 456. The van der Waals surface area contributed by atoms with Crippen molar-refractivity contribution in [1.82, 2.24) is 4.98 Å². The Morgan fingerprint density at radius 2 is 2.05 bits per heavy atom. The number of nitrogens with zero attached hydrogens (tertiary/aromatic N) is 1. The van der Waals surface area contributed by atoms with Gasteiger partial charge in [0.1, 0.15) is 0 Å². The van der Waals surface area contributed by atoms with Crippen LogP contribution >= 0.6 is 0 Å². The lowest BCUT2D eigenvalue weighted by Crippen LogP contribution is -2.08. The maximum absolute atomic E-state index is 11.4. The Morgan fingerprint density at radius 1 is 1.30 bits per heavy atom. The molecule has 0 radical (unpaired) electrons. The largest absolute Gasteiger partial charge is 0.478 e. The van der Waals surface area contributed by atoms with E-state index in [4.69, 9.17) is 4.74 Å². The van der Waals surface area contributed by atoms with Crippen molar-refractivity contribution >= 4 is 10.8 Å². The molecule has 0 amide bonds. The summed E-state index contributed by atoms with van der Waals surface area (Å²) in [7, 11) is -0.978. The molecule has 1 unspecified atom stereocenters. The van der Waals surface area contributed by atoms with Crippen LogP contribution < -0.4 is 4.74 Å². The second-order valence-corrected chi connectivity index (χ2v) is 7.03. The highest BCUT2D eigenvalue weighted by molar-refractivity contribution is 7.84. The van der Waals surface area contributed by atoms with Gasteiger partial charge in [0.05, 0.1) is 28.0 Å². The molecule has 0 aliphatic heterocycles. The summed E-state index contributed by atoms with van der Waals surface area (Å²) in [6.07, 6.45) is 11.1. The van der Waals surface area contributed by atoms with Crippen LogP contribution in [-0.4, -0.2) is 22.1 Å². The molecular weight excluding hydrogens is 270 g/mol. The molecule has 1 heterocycles. The van der Waals surface area contributed by atoms with Gasteiger partial charge in [-0.2, -0.15) is 0 Å². The van der Waals surface area contributed by atoms with E-state index in [9.17, 15) is 4.21 Å². The Balaban J connectivity index is 1.73. The van der Waals surface area contributed by atoms with Crippen molar-refractivity contribution in [1.29, 1.82) is 0 Å². The van der Waals surface area contributed by atoms with Gasteiger partial charge >= 0.3 is 0 Å². The van der Waals surface area contributed by atoms with Crippen LogP contribution in [0.2, 0.25) is 0 Å². The number of rotatable bonds is 6. The smallest absolute Gasteiger partial charge is 0.213 e. The molecule has 1 fully saturated rings. The molecule has 3 nitrogen and oxygen atoms in total. The summed E-state index contributed by atoms with van der Waals surface area (Å²) in [6.45, 7) is 2.61. The number of ether oxygens (including phenoxy) is 1. The highest BCUT2D eigenvalue weighted by Gasteiger charge is 2.13. The third-order valence-electron chi connectivity index (χ3n) is 4.05. The summed E-state index contributed by atoms with van der Waals surface area (Å²) >= 11 is 0. The Hall–Kier alpha value is -0.900. The molecule has 1 aliphatic carbocycles. The van der Waals surface area contributed by atoms with Crippen LogP contribution in [-0.2, 0) is 10.8 Å². The molecule has 2 rings (SSSR count). The lowest BCUT2D eigenvalue weighted by molar-refractivity contribution is 0.262. The van der Waals surface area contributed by atoms with Crippen LogP contribution in [0.1, 0.15) is 50.6 Å². The predicted octanol–water partition coefficient (Wildman–Crippen LogP) is 3.87. The van der Waals surface area contributed by atoms with E-state index in [1.165, 1.54) is 38.5 Å². The molecule has 0 N–H and O–H groups in total. The zero-order valence-corrected chi connectivity index (χ0v) is 13.4. The molecule has 4 heteroatoms. The van der Waals surface area contributed by atoms with Crippen molar-refractivity contribution in [3.63, 3.8) is 0 Å². The first-order valence-electron chi connectivity index (χ1n) is 7.60. The number of pyridine rings is 1. The van der Waals surface area contributed by atoms with Crippen LogP contribution in [0.3, 0.4) is 0 Å².